The molecule has 1 N–H and O–H groups in total. The zero-order valence-corrected chi connectivity index (χ0v) is 11.0. The third-order valence-electron chi connectivity index (χ3n) is 2.44. The highest BCUT2D eigenvalue weighted by molar-refractivity contribution is 5.31. The molecule has 19 heavy (non-hydrogen) atoms. The molecule has 1 aromatic carbocycles. The summed E-state index contributed by atoms with van der Waals surface area (Å²) in [6.45, 7) is 5.28. The minimum Gasteiger partial charge on any atom is -0.487 e. The van der Waals surface area contributed by atoms with Crippen LogP contribution in [0.5, 0.6) is 5.75 Å². The fraction of sp³-hybridized carbons (Fsp3) is 0.429. The number of hydrogen-bond donors (Lipinski definition) is 1. The highest BCUT2D eigenvalue weighted by Gasteiger charge is 2.12. The predicted molar refractivity (Wildman–Crippen MR) is 70.2 cm³/mol. The van der Waals surface area contributed by atoms with Gasteiger partial charge in [0, 0.05) is 20.2 Å². The van der Waals surface area contributed by atoms with Crippen LogP contribution in [0.2, 0.25) is 0 Å². The molecule has 0 bridgehead atoms. The Labute approximate surface area is 112 Å². The predicted octanol–water partition coefficient (Wildman–Crippen LogP) is 2.66. The number of methoxy groups -OCH3 is 1. The first-order valence-electron chi connectivity index (χ1n) is 6.10. The minimum atomic E-state index is -0.687. The summed E-state index contributed by atoms with van der Waals surface area (Å²) >= 11 is 0. The third-order valence-corrected chi connectivity index (χ3v) is 2.44. The van der Waals surface area contributed by atoms with Gasteiger partial charge in [-0.25, -0.2) is 8.78 Å². The molecule has 0 radical (unpaired) electrons. The van der Waals surface area contributed by atoms with Gasteiger partial charge in [0.05, 0.1) is 13.2 Å². The van der Waals surface area contributed by atoms with Gasteiger partial charge in [0.15, 0.2) is 17.4 Å². The van der Waals surface area contributed by atoms with Gasteiger partial charge in [-0.15, -0.1) is 6.58 Å². The van der Waals surface area contributed by atoms with Gasteiger partial charge in [-0.3, -0.25) is 0 Å². The molecule has 5 heteroatoms. The Morgan fingerprint density at radius 2 is 1.95 bits per heavy atom. The Hall–Kier alpha value is -1.46. The van der Waals surface area contributed by atoms with E-state index in [9.17, 15) is 8.78 Å². The smallest absolute Gasteiger partial charge is 0.190 e. The first-order chi connectivity index (χ1) is 9.19. The van der Waals surface area contributed by atoms with Gasteiger partial charge in [0.2, 0.25) is 0 Å². The quantitative estimate of drug-likeness (QED) is 0.553. The summed E-state index contributed by atoms with van der Waals surface area (Å²) in [5.74, 6) is -1.71. The zero-order chi connectivity index (χ0) is 14.1. The van der Waals surface area contributed by atoms with E-state index in [0.717, 1.165) is 0 Å². The summed E-state index contributed by atoms with van der Waals surface area (Å²) in [6.07, 6.45) is 2.17. The van der Waals surface area contributed by atoms with Gasteiger partial charge in [0.1, 0.15) is 0 Å². The van der Waals surface area contributed by atoms with E-state index in [1.54, 1.807) is 13.2 Å². The SMILES string of the molecule is C=CCCOc1c(F)cc(CNCCOC)cc1F. The Morgan fingerprint density at radius 1 is 1.26 bits per heavy atom. The molecule has 0 atom stereocenters. The molecule has 0 aliphatic carbocycles. The second-order valence-corrected chi connectivity index (χ2v) is 3.98. The molecule has 0 fully saturated rings. The lowest BCUT2D eigenvalue weighted by Crippen LogP contribution is -2.18. The second kappa shape index (κ2) is 8.61. The first-order valence-corrected chi connectivity index (χ1v) is 6.10. The van der Waals surface area contributed by atoms with Crippen molar-refractivity contribution in [1.82, 2.24) is 5.32 Å². The zero-order valence-electron chi connectivity index (χ0n) is 11.0. The van der Waals surface area contributed by atoms with Crippen molar-refractivity contribution in [2.24, 2.45) is 0 Å². The summed E-state index contributed by atoms with van der Waals surface area (Å²) in [5, 5.41) is 3.02. The van der Waals surface area contributed by atoms with Crippen molar-refractivity contribution in [3.63, 3.8) is 0 Å². The number of hydrogen-bond acceptors (Lipinski definition) is 3. The molecular weight excluding hydrogens is 252 g/mol. The molecule has 0 amide bonds. The van der Waals surface area contributed by atoms with Crippen LogP contribution in [-0.4, -0.2) is 26.9 Å². The van der Waals surface area contributed by atoms with Gasteiger partial charge >= 0.3 is 0 Å². The van der Waals surface area contributed by atoms with Crippen molar-refractivity contribution < 1.29 is 18.3 Å². The van der Waals surface area contributed by atoms with E-state index in [0.29, 0.717) is 31.7 Å². The molecule has 0 spiro atoms. The number of rotatable bonds is 9. The molecule has 3 nitrogen and oxygen atoms in total. The Morgan fingerprint density at radius 3 is 2.53 bits per heavy atom. The van der Waals surface area contributed by atoms with Gasteiger partial charge in [0.25, 0.3) is 0 Å². The maximum absolute atomic E-state index is 13.7. The summed E-state index contributed by atoms with van der Waals surface area (Å²) < 4.78 is 37.2. The van der Waals surface area contributed by atoms with Gasteiger partial charge in [-0.05, 0) is 24.1 Å². The van der Waals surface area contributed by atoms with Crippen LogP contribution in [0.3, 0.4) is 0 Å². The van der Waals surface area contributed by atoms with Crippen LogP contribution in [0.25, 0.3) is 0 Å². The normalized spacial score (nSPS) is 10.5. The topological polar surface area (TPSA) is 30.5 Å². The van der Waals surface area contributed by atoms with Crippen molar-refractivity contribution in [1.29, 1.82) is 0 Å². The fourth-order valence-electron chi connectivity index (χ4n) is 1.50. The third kappa shape index (κ3) is 5.36. The summed E-state index contributed by atoms with van der Waals surface area (Å²) in [7, 11) is 1.59. The van der Waals surface area contributed by atoms with Gasteiger partial charge < -0.3 is 14.8 Å². The van der Waals surface area contributed by atoms with E-state index >= 15 is 0 Å². The lowest BCUT2D eigenvalue weighted by Gasteiger charge is -2.10. The number of nitrogens with one attached hydrogen (secondary N) is 1. The maximum atomic E-state index is 13.7. The molecule has 1 aromatic rings. The van der Waals surface area contributed by atoms with Crippen molar-refractivity contribution in [2.75, 3.05) is 26.9 Å². The lowest BCUT2D eigenvalue weighted by molar-refractivity contribution is 0.199. The van der Waals surface area contributed by atoms with Crippen LogP contribution in [-0.2, 0) is 11.3 Å². The molecule has 0 aromatic heterocycles. The van der Waals surface area contributed by atoms with E-state index < -0.39 is 11.6 Å². The van der Waals surface area contributed by atoms with Crippen molar-refractivity contribution in [2.45, 2.75) is 13.0 Å². The summed E-state index contributed by atoms with van der Waals surface area (Å²) in [6, 6.07) is 2.54. The largest absolute Gasteiger partial charge is 0.487 e. The molecule has 0 aliphatic rings. The van der Waals surface area contributed by atoms with Crippen LogP contribution in [0, 0.1) is 11.6 Å². The molecule has 106 valence electrons. The number of halogens is 2. The summed E-state index contributed by atoms with van der Waals surface area (Å²) in [4.78, 5) is 0. The van der Waals surface area contributed by atoms with E-state index in [-0.39, 0.29) is 12.4 Å². The van der Waals surface area contributed by atoms with E-state index in [2.05, 4.69) is 11.9 Å². The average molecular weight is 271 g/mol. The Kier molecular flexibility index (Phi) is 7.07. The summed E-state index contributed by atoms with van der Waals surface area (Å²) in [5.41, 5.74) is 0.530. The van der Waals surface area contributed by atoms with Crippen molar-refractivity contribution in [3.8, 4) is 5.75 Å². The average Bonchev–Trinajstić information content (AvgIpc) is 2.38. The second-order valence-electron chi connectivity index (χ2n) is 3.98. The first kappa shape index (κ1) is 15.6. The van der Waals surface area contributed by atoms with Crippen molar-refractivity contribution >= 4 is 0 Å². The molecule has 1 rings (SSSR count). The van der Waals surface area contributed by atoms with Crippen LogP contribution in [0.15, 0.2) is 24.8 Å². The Bertz CT molecular complexity index is 387. The highest BCUT2D eigenvalue weighted by atomic mass is 19.1. The molecule has 0 heterocycles. The standard InChI is InChI=1S/C14H19F2NO2/c1-3-4-6-19-14-12(15)8-11(9-13(14)16)10-17-5-7-18-2/h3,8-9,17H,1,4-7,10H2,2H3. The maximum Gasteiger partial charge on any atom is 0.190 e. The lowest BCUT2D eigenvalue weighted by atomic mass is 10.2. The van der Waals surface area contributed by atoms with Crippen LogP contribution in [0.1, 0.15) is 12.0 Å². The van der Waals surface area contributed by atoms with Crippen LogP contribution < -0.4 is 10.1 Å². The molecule has 0 aliphatic heterocycles. The monoisotopic (exact) mass is 271 g/mol. The fourth-order valence-corrected chi connectivity index (χ4v) is 1.50. The van der Waals surface area contributed by atoms with Crippen LogP contribution in [0.4, 0.5) is 8.78 Å². The Balaban J connectivity index is 2.59. The van der Waals surface area contributed by atoms with Crippen LogP contribution >= 0.6 is 0 Å². The van der Waals surface area contributed by atoms with Gasteiger partial charge in [-0.1, -0.05) is 6.08 Å². The molecular formula is C14H19F2NO2. The molecule has 0 unspecified atom stereocenters. The van der Waals surface area contributed by atoms with E-state index in [1.807, 2.05) is 0 Å². The van der Waals surface area contributed by atoms with Crippen molar-refractivity contribution in [3.05, 3.63) is 42.0 Å². The van der Waals surface area contributed by atoms with E-state index in [1.165, 1.54) is 12.1 Å². The number of benzene rings is 1. The van der Waals surface area contributed by atoms with E-state index in [4.69, 9.17) is 9.47 Å². The molecule has 0 saturated heterocycles. The number of ether oxygens (including phenoxy) is 2. The minimum absolute atomic E-state index is 0.211. The molecule has 0 saturated carbocycles. The van der Waals surface area contributed by atoms with Gasteiger partial charge in [-0.2, -0.15) is 0 Å². The highest BCUT2D eigenvalue weighted by Crippen LogP contribution is 2.23.